The molecule has 0 radical (unpaired) electrons. The molecule has 0 saturated carbocycles. The molecule has 5 nitrogen and oxygen atoms in total. The number of nitrogens with one attached hydrogen (secondary N) is 1. The third-order valence-electron chi connectivity index (χ3n) is 3.43. The fraction of sp³-hybridized carbons (Fsp3) is 0.500. The summed E-state index contributed by atoms with van der Waals surface area (Å²) in [6.45, 7) is 7.21. The first-order valence-electron chi connectivity index (χ1n) is 7.06. The van der Waals surface area contributed by atoms with E-state index in [2.05, 4.69) is 19.2 Å². The molecule has 1 aromatic carbocycles. The molecule has 0 aromatic heterocycles. The van der Waals surface area contributed by atoms with Crippen LogP contribution in [0.15, 0.2) is 24.3 Å². The molecular weight excluding hydrogens is 270 g/mol. The first-order valence-corrected chi connectivity index (χ1v) is 7.06. The Morgan fingerprint density at radius 2 is 1.81 bits per heavy atom. The van der Waals surface area contributed by atoms with Gasteiger partial charge >= 0.3 is 5.97 Å². The first kappa shape index (κ1) is 17.0. The van der Waals surface area contributed by atoms with Crippen LogP contribution in [0.25, 0.3) is 0 Å². The Hall–Kier alpha value is -2.04. The van der Waals surface area contributed by atoms with Gasteiger partial charge in [0, 0.05) is 6.04 Å². The summed E-state index contributed by atoms with van der Waals surface area (Å²) < 4.78 is 5.54. The number of para-hydroxylation sites is 1. The summed E-state index contributed by atoms with van der Waals surface area (Å²) in [5.74, 6) is -0.920. The van der Waals surface area contributed by atoms with E-state index in [1.807, 2.05) is 24.3 Å². The van der Waals surface area contributed by atoms with Gasteiger partial charge in [-0.05, 0) is 31.4 Å². The lowest BCUT2D eigenvalue weighted by atomic mass is 10.0. The van der Waals surface area contributed by atoms with E-state index in [4.69, 9.17) is 9.84 Å². The SMILES string of the molecule is CC(C)c1ccccc1OCC(=O)NC(C)C(C)C(=O)O. The molecule has 21 heavy (non-hydrogen) atoms. The van der Waals surface area contributed by atoms with Crippen LogP contribution in [0.2, 0.25) is 0 Å². The minimum atomic E-state index is -0.936. The number of amides is 1. The Morgan fingerprint density at radius 1 is 1.19 bits per heavy atom. The van der Waals surface area contributed by atoms with Gasteiger partial charge in [-0.1, -0.05) is 32.0 Å². The third kappa shape index (κ3) is 5.10. The molecule has 5 heteroatoms. The Balaban J connectivity index is 2.56. The summed E-state index contributed by atoms with van der Waals surface area (Å²) in [5, 5.41) is 11.5. The van der Waals surface area contributed by atoms with Crippen molar-refractivity contribution in [2.75, 3.05) is 6.61 Å². The standard InChI is InChI=1S/C16H23NO4/c1-10(2)13-7-5-6-8-14(13)21-9-15(18)17-12(4)11(3)16(19)20/h5-8,10-12H,9H2,1-4H3,(H,17,18)(H,19,20). The van der Waals surface area contributed by atoms with Gasteiger partial charge in [0.25, 0.3) is 5.91 Å². The summed E-state index contributed by atoms with van der Waals surface area (Å²) in [7, 11) is 0. The Labute approximate surface area is 125 Å². The summed E-state index contributed by atoms with van der Waals surface area (Å²) in [6.07, 6.45) is 0. The quantitative estimate of drug-likeness (QED) is 0.809. The number of aliphatic carboxylic acids is 1. The van der Waals surface area contributed by atoms with Crippen molar-refractivity contribution >= 4 is 11.9 Å². The number of rotatable bonds is 7. The number of carboxylic acid groups (broad SMARTS) is 1. The van der Waals surface area contributed by atoms with Crippen molar-refractivity contribution < 1.29 is 19.4 Å². The van der Waals surface area contributed by atoms with E-state index < -0.39 is 17.9 Å². The number of carbonyl (C=O) groups is 2. The lowest BCUT2D eigenvalue weighted by Crippen LogP contribution is -2.42. The number of hydrogen-bond acceptors (Lipinski definition) is 3. The van der Waals surface area contributed by atoms with E-state index >= 15 is 0 Å². The van der Waals surface area contributed by atoms with Crippen LogP contribution in [0.3, 0.4) is 0 Å². The van der Waals surface area contributed by atoms with Gasteiger partial charge in [-0.2, -0.15) is 0 Å². The Bertz CT molecular complexity index is 499. The average Bonchev–Trinajstić information content (AvgIpc) is 2.44. The fourth-order valence-electron chi connectivity index (χ4n) is 1.87. The van der Waals surface area contributed by atoms with Crippen LogP contribution < -0.4 is 10.1 Å². The summed E-state index contributed by atoms with van der Waals surface area (Å²) >= 11 is 0. The molecule has 0 aliphatic rings. The molecule has 0 aliphatic carbocycles. The largest absolute Gasteiger partial charge is 0.483 e. The number of carboxylic acids is 1. The third-order valence-corrected chi connectivity index (χ3v) is 3.43. The van der Waals surface area contributed by atoms with Crippen molar-refractivity contribution in [2.24, 2.45) is 5.92 Å². The average molecular weight is 293 g/mol. The molecule has 1 amide bonds. The normalized spacial score (nSPS) is 13.6. The predicted octanol–water partition coefficient (Wildman–Crippen LogP) is 2.41. The van der Waals surface area contributed by atoms with Crippen LogP contribution in [0.1, 0.15) is 39.2 Å². The molecule has 2 atom stereocenters. The lowest BCUT2D eigenvalue weighted by molar-refractivity contribution is -0.142. The van der Waals surface area contributed by atoms with E-state index in [0.717, 1.165) is 5.56 Å². The maximum absolute atomic E-state index is 11.8. The molecule has 0 saturated heterocycles. The molecule has 1 aromatic rings. The van der Waals surface area contributed by atoms with Gasteiger partial charge in [0.2, 0.25) is 0 Å². The first-order chi connectivity index (χ1) is 9.82. The highest BCUT2D eigenvalue weighted by atomic mass is 16.5. The van der Waals surface area contributed by atoms with Crippen molar-refractivity contribution in [3.8, 4) is 5.75 Å². The maximum Gasteiger partial charge on any atom is 0.308 e. The second kappa shape index (κ2) is 7.67. The van der Waals surface area contributed by atoms with Gasteiger partial charge in [0.05, 0.1) is 5.92 Å². The number of carbonyl (C=O) groups excluding carboxylic acids is 1. The molecular formula is C16H23NO4. The Kier molecular flexibility index (Phi) is 6.21. The van der Waals surface area contributed by atoms with Crippen LogP contribution in [0.5, 0.6) is 5.75 Å². The van der Waals surface area contributed by atoms with Crippen LogP contribution >= 0.6 is 0 Å². The van der Waals surface area contributed by atoms with Crippen LogP contribution in [0.4, 0.5) is 0 Å². The van der Waals surface area contributed by atoms with Crippen molar-refractivity contribution in [3.05, 3.63) is 29.8 Å². The van der Waals surface area contributed by atoms with Crippen LogP contribution in [-0.4, -0.2) is 29.6 Å². The van der Waals surface area contributed by atoms with E-state index in [-0.39, 0.29) is 12.5 Å². The summed E-state index contributed by atoms with van der Waals surface area (Å²) in [4.78, 5) is 22.6. The van der Waals surface area contributed by atoms with Gasteiger partial charge in [0.15, 0.2) is 6.61 Å². The highest BCUT2D eigenvalue weighted by Crippen LogP contribution is 2.25. The molecule has 0 spiro atoms. The lowest BCUT2D eigenvalue weighted by Gasteiger charge is -2.18. The summed E-state index contributed by atoms with van der Waals surface area (Å²) in [6, 6.07) is 7.13. The number of ether oxygens (including phenoxy) is 1. The molecule has 0 bridgehead atoms. The molecule has 116 valence electrons. The summed E-state index contributed by atoms with van der Waals surface area (Å²) in [5.41, 5.74) is 1.04. The molecule has 0 aliphatic heterocycles. The van der Waals surface area contributed by atoms with E-state index in [1.54, 1.807) is 13.8 Å². The maximum atomic E-state index is 11.8. The van der Waals surface area contributed by atoms with Crippen LogP contribution in [0, 0.1) is 5.92 Å². The van der Waals surface area contributed by atoms with Crippen molar-refractivity contribution in [1.29, 1.82) is 0 Å². The topological polar surface area (TPSA) is 75.6 Å². The second-order valence-electron chi connectivity index (χ2n) is 5.46. The van der Waals surface area contributed by atoms with Crippen molar-refractivity contribution in [1.82, 2.24) is 5.32 Å². The minimum absolute atomic E-state index is 0.125. The fourth-order valence-corrected chi connectivity index (χ4v) is 1.87. The van der Waals surface area contributed by atoms with E-state index in [9.17, 15) is 9.59 Å². The predicted molar refractivity (Wildman–Crippen MR) is 80.4 cm³/mol. The van der Waals surface area contributed by atoms with Gasteiger partial charge in [-0.3, -0.25) is 9.59 Å². The van der Waals surface area contributed by atoms with Gasteiger partial charge in [0.1, 0.15) is 5.75 Å². The zero-order chi connectivity index (χ0) is 16.0. The highest BCUT2D eigenvalue weighted by molar-refractivity contribution is 5.79. The smallest absolute Gasteiger partial charge is 0.308 e. The highest BCUT2D eigenvalue weighted by Gasteiger charge is 2.21. The molecule has 2 N–H and O–H groups in total. The molecule has 1 rings (SSSR count). The number of benzene rings is 1. The minimum Gasteiger partial charge on any atom is -0.483 e. The zero-order valence-electron chi connectivity index (χ0n) is 12.9. The van der Waals surface area contributed by atoms with Crippen molar-refractivity contribution in [3.63, 3.8) is 0 Å². The van der Waals surface area contributed by atoms with Crippen molar-refractivity contribution in [2.45, 2.75) is 39.7 Å². The molecule has 0 fully saturated rings. The van der Waals surface area contributed by atoms with Gasteiger partial charge in [-0.25, -0.2) is 0 Å². The van der Waals surface area contributed by atoms with Gasteiger partial charge in [-0.15, -0.1) is 0 Å². The van der Waals surface area contributed by atoms with E-state index in [0.29, 0.717) is 11.7 Å². The van der Waals surface area contributed by atoms with Gasteiger partial charge < -0.3 is 15.2 Å². The molecule has 2 unspecified atom stereocenters. The zero-order valence-corrected chi connectivity index (χ0v) is 12.9. The number of hydrogen-bond donors (Lipinski definition) is 2. The Morgan fingerprint density at radius 3 is 2.38 bits per heavy atom. The molecule has 0 heterocycles. The van der Waals surface area contributed by atoms with Crippen LogP contribution in [-0.2, 0) is 9.59 Å². The monoisotopic (exact) mass is 293 g/mol. The van der Waals surface area contributed by atoms with E-state index in [1.165, 1.54) is 0 Å². The second-order valence-corrected chi connectivity index (χ2v) is 5.46.